The Morgan fingerprint density at radius 1 is 1.42 bits per heavy atom. The minimum Gasteiger partial charge on any atom is -0.323 e. The maximum Gasteiger partial charge on any atom is 0.240 e. The molecule has 0 aromatic heterocycles. The van der Waals surface area contributed by atoms with Crippen LogP contribution in [-0.4, -0.2) is 61.0 Å². The van der Waals surface area contributed by atoms with Gasteiger partial charge in [0.2, 0.25) is 5.91 Å². The predicted octanol–water partition coefficient (Wildman–Crippen LogP) is 0.465. The molecule has 0 aliphatic carbocycles. The second-order valence-electron chi connectivity index (χ2n) is 5.02. The summed E-state index contributed by atoms with van der Waals surface area (Å²) in [5, 5.41) is 2.58. The van der Waals surface area contributed by atoms with Gasteiger partial charge in [0, 0.05) is 23.8 Å². The fourth-order valence-electron chi connectivity index (χ4n) is 2.59. The van der Waals surface area contributed by atoms with E-state index >= 15 is 0 Å². The van der Waals surface area contributed by atoms with Gasteiger partial charge in [0.1, 0.15) is 5.37 Å². The van der Waals surface area contributed by atoms with Gasteiger partial charge in [-0.25, -0.2) is 8.42 Å². The van der Waals surface area contributed by atoms with Gasteiger partial charge in [-0.15, -0.1) is 0 Å². The molecule has 110 valence electrons. The Bertz CT molecular complexity index is 419. The van der Waals surface area contributed by atoms with Crippen LogP contribution in [0.1, 0.15) is 26.2 Å². The molecule has 0 saturated carbocycles. The van der Waals surface area contributed by atoms with E-state index in [4.69, 9.17) is 0 Å². The van der Waals surface area contributed by atoms with Crippen molar-refractivity contribution in [2.45, 2.75) is 37.6 Å². The number of piperidine rings is 1. The van der Waals surface area contributed by atoms with E-state index < -0.39 is 15.2 Å². The van der Waals surface area contributed by atoms with Gasteiger partial charge >= 0.3 is 0 Å². The van der Waals surface area contributed by atoms with Crippen LogP contribution in [0.25, 0.3) is 0 Å². The lowest BCUT2D eigenvalue weighted by Gasteiger charge is -2.37. The van der Waals surface area contributed by atoms with E-state index in [1.165, 1.54) is 0 Å². The first-order valence-electron chi connectivity index (χ1n) is 6.89. The molecule has 2 heterocycles. The molecule has 7 heteroatoms. The number of sulfone groups is 1. The average Bonchev–Trinajstić information content (AvgIpc) is 2.47. The molecule has 0 radical (unpaired) electrons. The number of carbonyl (C=O) groups is 1. The van der Waals surface area contributed by atoms with E-state index in [0.29, 0.717) is 12.3 Å². The first kappa shape index (κ1) is 15.1. The van der Waals surface area contributed by atoms with Crippen molar-refractivity contribution < 1.29 is 13.2 Å². The maximum atomic E-state index is 12.5. The topological polar surface area (TPSA) is 66.5 Å². The van der Waals surface area contributed by atoms with Crippen molar-refractivity contribution >= 4 is 27.5 Å². The summed E-state index contributed by atoms with van der Waals surface area (Å²) in [5.74, 6) is 1.41. The van der Waals surface area contributed by atoms with Crippen LogP contribution in [0.4, 0.5) is 0 Å². The molecule has 2 rings (SSSR count). The summed E-state index contributed by atoms with van der Waals surface area (Å²) >= 11 is 1.62. The summed E-state index contributed by atoms with van der Waals surface area (Å²) < 4.78 is 24.2. The van der Waals surface area contributed by atoms with E-state index in [0.717, 1.165) is 31.6 Å². The Hall–Kier alpha value is -0.270. The Balaban J connectivity index is 2.12. The third-order valence-corrected chi connectivity index (χ3v) is 7.08. The number of carbonyl (C=O) groups excluding carboxylic acids is 1. The highest BCUT2D eigenvalue weighted by atomic mass is 32.2. The number of hydrogen-bond acceptors (Lipinski definition) is 5. The number of rotatable bonds is 3. The quantitative estimate of drug-likeness (QED) is 0.821. The lowest BCUT2D eigenvalue weighted by Crippen LogP contribution is -2.57. The summed E-state index contributed by atoms with van der Waals surface area (Å²) in [7, 11) is -3.20. The van der Waals surface area contributed by atoms with Crippen molar-refractivity contribution in [3.63, 3.8) is 0 Å². The zero-order valence-electron chi connectivity index (χ0n) is 11.3. The molecule has 2 saturated heterocycles. The number of nitrogens with zero attached hydrogens (tertiary/aromatic N) is 1. The van der Waals surface area contributed by atoms with Crippen LogP contribution in [0.15, 0.2) is 0 Å². The van der Waals surface area contributed by atoms with Gasteiger partial charge in [0.15, 0.2) is 9.84 Å². The van der Waals surface area contributed by atoms with Gasteiger partial charge in [-0.2, -0.15) is 11.8 Å². The molecule has 1 amide bonds. The highest BCUT2D eigenvalue weighted by Crippen LogP contribution is 2.23. The predicted molar refractivity (Wildman–Crippen MR) is 77.9 cm³/mol. The number of hydrogen-bond donors (Lipinski definition) is 1. The van der Waals surface area contributed by atoms with E-state index in [-0.39, 0.29) is 17.7 Å². The zero-order chi connectivity index (χ0) is 13.9. The van der Waals surface area contributed by atoms with Crippen molar-refractivity contribution in [1.29, 1.82) is 0 Å². The Morgan fingerprint density at radius 2 is 2.21 bits per heavy atom. The monoisotopic (exact) mass is 306 g/mol. The van der Waals surface area contributed by atoms with Crippen LogP contribution in [-0.2, 0) is 14.6 Å². The van der Waals surface area contributed by atoms with Crippen LogP contribution in [0, 0.1) is 0 Å². The summed E-state index contributed by atoms with van der Waals surface area (Å²) in [5.41, 5.74) is 0. The van der Waals surface area contributed by atoms with Crippen LogP contribution < -0.4 is 5.32 Å². The molecule has 0 bridgehead atoms. The molecular formula is C12H22N2O3S2. The number of amides is 1. The average molecular weight is 306 g/mol. The standard InChI is InChI=1S/C12H22N2O3S2/c1-2-19(16,17)11-9-18-8-7-14(11)12(15)10-5-3-4-6-13-10/h10-11,13H,2-9H2,1H3/t10-,11?/m1/s1. The minimum atomic E-state index is -3.20. The summed E-state index contributed by atoms with van der Waals surface area (Å²) in [6, 6.07) is -0.189. The van der Waals surface area contributed by atoms with E-state index in [1.807, 2.05) is 0 Å². The van der Waals surface area contributed by atoms with E-state index in [2.05, 4.69) is 5.32 Å². The van der Waals surface area contributed by atoms with Crippen LogP contribution >= 0.6 is 11.8 Å². The largest absolute Gasteiger partial charge is 0.323 e. The minimum absolute atomic E-state index is 0.0259. The number of nitrogens with one attached hydrogen (secondary N) is 1. The molecule has 0 aromatic rings. The lowest BCUT2D eigenvalue weighted by molar-refractivity contribution is -0.134. The third kappa shape index (κ3) is 3.44. The highest BCUT2D eigenvalue weighted by Gasteiger charge is 2.38. The molecule has 19 heavy (non-hydrogen) atoms. The Labute approximate surface area is 119 Å². The molecule has 2 aliphatic rings. The van der Waals surface area contributed by atoms with Crippen molar-refractivity contribution in [3.05, 3.63) is 0 Å². The SMILES string of the molecule is CCS(=O)(=O)C1CSCCN1C(=O)[C@H]1CCCCN1. The summed E-state index contributed by atoms with van der Waals surface area (Å²) in [6.07, 6.45) is 2.95. The molecule has 2 fully saturated rings. The Morgan fingerprint density at radius 3 is 2.84 bits per heavy atom. The Kier molecular flexibility index (Phi) is 5.14. The third-order valence-electron chi connectivity index (χ3n) is 3.79. The summed E-state index contributed by atoms with van der Waals surface area (Å²) in [4.78, 5) is 14.1. The molecule has 0 spiro atoms. The van der Waals surface area contributed by atoms with E-state index in [1.54, 1.807) is 23.6 Å². The normalized spacial score (nSPS) is 29.2. The fourth-order valence-corrected chi connectivity index (χ4v) is 5.56. The van der Waals surface area contributed by atoms with Gasteiger partial charge < -0.3 is 10.2 Å². The lowest BCUT2D eigenvalue weighted by atomic mass is 10.0. The van der Waals surface area contributed by atoms with Gasteiger partial charge in [0.25, 0.3) is 0 Å². The molecule has 1 N–H and O–H groups in total. The zero-order valence-corrected chi connectivity index (χ0v) is 12.9. The molecule has 0 aromatic carbocycles. The van der Waals surface area contributed by atoms with Gasteiger partial charge in [-0.05, 0) is 19.4 Å². The smallest absolute Gasteiger partial charge is 0.240 e. The second kappa shape index (κ2) is 6.45. The van der Waals surface area contributed by atoms with Crippen molar-refractivity contribution in [2.24, 2.45) is 0 Å². The van der Waals surface area contributed by atoms with Crippen molar-refractivity contribution in [1.82, 2.24) is 10.2 Å². The first-order chi connectivity index (χ1) is 9.06. The van der Waals surface area contributed by atoms with Crippen molar-refractivity contribution in [3.8, 4) is 0 Å². The molecule has 2 aliphatic heterocycles. The van der Waals surface area contributed by atoms with Gasteiger partial charge in [-0.3, -0.25) is 4.79 Å². The molecule has 5 nitrogen and oxygen atoms in total. The second-order valence-corrected chi connectivity index (χ2v) is 8.61. The highest BCUT2D eigenvalue weighted by molar-refractivity contribution is 8.01. The van der Waals surface area contributed by atoms with E-state index in [9.17, 15) is 13.2 Å². The molecular weight excluding hydrogens is 284 g/mol. The van der Waals surface area contributed by atoms with Crippen LogP contribution in [0.3, 0.4) is 0 Å². The van der Waals surface area contributed by atoms with Gasteiger partial charge in [0.05, 0.1) is 6.04 Å². The maximum absolute atomic E-state index is 12.5. The first-order valence-corrected chi connectivity index (χ1v) is 9.76. The van der Waals surface area contributed by atoms with Crippen LogP contribution in [0.2, 0.25) is 0 Å². The fraction of sp³-hybridized carbons (Fsp3) is 0.917. The number of thioether (sulfide) groups is 1. The van der Waals surface area contributed by atoms with Crippen LogP contribution in [0.5, 0.6) is 0 Å². The molecule has 1 unspecified atom stereocenters. The summed E-state index contributed by atoms with van der Waals surface area (Å²) in [6.45, 7) is 3.05. The van der Waals surface area contributed by atoms with Gasteiger partial charge in [-0.1, -0.05) is 13.3 Å². The molecule has 2 atom stereocenters. The van der Waals surface area contributed by atoms with Crippen molar-refractivity contribution in [2.75, 3.05) is 30.3 Å².